The van der Waals surface area contributed by atoms with Gasteiger partial charge in [-0.25, -0.2) is 19.2 Å². The first kappa shape index (κ1) is 17.4. The molecule has 0 radical (unpaired) electrons. The summed E-state index contributed by atoms with van der Waals surface area (Å²) >= 11 is 1.30. The molecular formula is C19H16FN3O3S. The zero-order valence-corrected chi connectivity index (χ0v) is 15.3. The monoisotopic (exact) mass is 385 g/mol. The van der Waals surface area contributed by atoms with Crippen LogP contribution in [0.4, 0.5) is 9.52 Å². The van der Waals surface area contributed by atoms with Gasteiger partial charge in [0.1, 0.15) is 17.3 Å². The second-order valence-electron chi connectivity index (χ2n) is 5.88. The highest BCUT2D eigenvalue weighted by atomic mass is 32.1. The van der Waals surface area contributed by atoms with E-state index in [0.717, 1.165) is 11.3 Å². The Morgan fingerprint density at radius 2 is 2.19 bits per heavy atom. The van der Waals surface area contributed by atoms with E-state index >= 15 is 0 Å². The number of benzene rings is 1. The zero-order valence-electron chi connectivity index (χ0n) is 14.5. The third-order valence-corrected chi connectivity index (χ3v) is 4.97. The van der Waals surface area contributed by atoms with Crippen molar-refractivity contribution < 1.29 is 18.3 Å². The van der Waals surface area contributed by atoms with Crippen molar-refractivity contribution >= 4 is 28.1 Å². The highest BCUT2D eigenvalue weighted by Gasteiger charge is 2.33. The standard InChI is InChI=1S/C19H16FN3O3S/c1-2-25-18(24)15-11-27-19(21-15)23-16(12-5-7-13(20)8-6-12)10-14(22-23)17-4-3-9-26-17/h3-9,11,16H,2,10H2,1H3. The Hall–Kier alpha value is -3.00. The van der Waals surface area contributed by atoms with E-state index in [1.165, 1.54) is 23.5 Å². The Morgan fingerprint density at radius 1 is 1.37 bits per heavy atom. The summed E-state index contributed by atoms with van der Waals surface area (Å²) in [6.07, 6.45) is 2.17. The molecule has 0 saturated carbocycles. The minimum absolute atomic E-state index is 0.174. The first-order chi connectivity index (χ1) is 13.2. The van der Waals surface area contributed by atoms with Gasteiger partial charge in [-0.1, -0.05) is 12.1 Å². The number of ether oxygens (including phenoxy) is 1. The summed E-state index contributed by atoms with van der Waals surface area (Å²) in [6.45, 7) is 2.03. The van der Waals surface area contributed by atoms with Crippen molar-refractivity contribution in [3.8, 4) is 0 Å². The number of nitrogens with zero attached hydrogens (tertiary/aromatic N) is 3. The third kappa shape index (κ3) is 3.48. The molecule has 0 aliphatic carbocycles. The molecular weight excluding hydrogens is 369 g/mol. The fraction of sp³-hybridized carbons (Fsp3) is 0.211. The van der Waals surface area contributed by atoms with E-state index in [1.807, 2.05) is 6.07 Å². The second-order valence-corrected chi connectivity index (χ2v) is 6.71. The molecule has 0 saturated heterocycles. The average Bonchev–Trinajstić information content (AvgIpc) is 3.41. The van der Waals surface area contributed by atoms with Crippen molar-refractivity contribution in [3.63, 3.8) is 0 Å². The Kier molecular flexibility index (Phi) is 4.72. The van der Waals surface area contributed by atoms with Gasteiger partial charge in [0.05, 0.1) is 18.9 Å². The van der Waals surface area contributed by atoms with Gasteiger partial charge >= 0.3 is 5.97 Å². The van der Waals surface area contributed by atoms with Gasteiger partial charge in [-0.15, -0.1) is 11.3 Å². The van der Waals surface area contributed by atoms with Crippen molar-refractivity contribution in [3.05, 3.63) is 70.9 Å². The van der Waals surface area contributed by atoms with Crippen LogP contribution in [0.15, 0.2) is 57.6 Å². The van der Waals surface area contributed by atoms with E-state index in [4.69, 9.17) is 9.15 Å². The highest BCUT2D eigenvalue weighted by molar-refractivity contribution is 7.13. The van der Waals surface area contributed by atoms with Crippen LogP contribution in [0.1, 0.15) is 41.2 Å². The lowest BCUT2D eigenvalue weighted by molar-refractivity contribution is 0.0520. The van der Waals surface area contributed by atoms with Gasteiger partial charge in [-0.3, -0.25) is 0 Å². The molecule has 0 N–H and O–H groups in total. The van der Waals surface area contributed by atoms with Crippen LogP contribution in [0, 0.1) is 5.82 Å². The van der Waals surface area contributed by atoms with Gasteiger partial charge < -0.3 is 9.15 Å². The van der Waals surface area contributed by atoms with E-state index < -0.39 is 5.97 Å². The van der Waals surface area contributed by atoms with Gasteiger partial charge in [0.25, 0.3) is 0 Å². The lowest BCUT2D eigenvalue weighted by atomic mass is 10.0. The van der Waals surface area contributed by atoms with Crippen LogP contribution >= 0.6 is 11.3 Å². The summed E-state index contributed by atoms with van der Waals surface area (Å²) in [6, 6.07) is 9.77. The smallest absolute Gasteiger partial charge is 0.357 e. The molecule has 2 aromatic heterocycles. The number of rotatable bonds is 5. The van der Waals surface area contributed by atoms with Crippen molar-refractivity contribution in [2.45, 2.75) is 19.4 Å². The predicted octanol–water partition coefficient (Wildman–Crippen LogP) is 4.41. The fourth-order valence-electron chi connectivity index (χ4n) is 2.89. The van der Waals surface area contributed by atoms with E-state index in [1.54, 1.807) is 41.8 Å². The first-order valence-corrected chi connectivity index (χ1v) is 9.32. The summed E-state index contributed by atoms with van der Waals surface area (Å²) in [7, 11) is 0. The molecule has 138 valence electrons. The van der Waals surface area contributed by atoms with E-state index in [2.05, 4.69) is 10.1 Å². The van der Waals surface area contributed by atoms with Crippen LogP contribution in [0.5, 0.6) is 0 Å². The number of anilines is 1. The highest BCUT2D eigenvalue weighted by Crippen LogP contribution is 2.38. The molecule has 0 amide bonds. The normalized spacial score (nSPS) is 16.4. The number of aromatic nitrogens is 1. The molecule has 1 aliphatic rings. The molecule has 3 aromatic rings. The molecule has 1 atom stereocenters. The molecule has 6 nitrogen and oxygen atoms in total. The summed E-state index contributed by atoms with van der Waals surface area (Å²) < 4.78 is 23.8. The number of carbonyl (C=O) groups is 1. The Bertz CT molecular complexity index is 967. The molecule has 3 heterocycles. The quantitative estimate of drug-likeness (QED) is 0.609. The van der Waals surface area contributed by atoms with Crippen LogP contribution in [0.2, 0.25) is 0 Å². The number of hydrogen-bond donors (Lipinski definition) is 0. The number of esters is 1. The Morgan fingerprint density at radius 3 is 2.89 bits per heavy atom. The van der Waals surface area contributed by atoms with Crippen LogP contribution in [-0.4, -0.2) is 23.3 Å². The summed E-state index contributed by atoms with van der Waals surface area (Å²) in [4.78, 5) is 16.3. The Labute approximate surface area is 158 Å². The zero-order chi connectivity index (χ0) is 18.8. The molecule has 4 rings (SSSR count). The van der Waals surface area contributed by atoms with Crippen molar-refractivity contribution in [1.82, 2.24) is 4.98 Å². The maximum absolute atomic E-state index is 13.3. The van der Waals surface area contributed by atoms with Crippen molar-refractivity contribution in [2.24, 2.45) is 5.10 Å². The number of halogens is 1. The largest absolute Gasteiger partial charge is 0.463 e. The Balaban J connectivity index is 1.69. The van der Waals surface area contributed by atoms with Gasteiger partial charge in [0.15, 0.2) is 5.69 Å². The predicted molar refractivity (Wildman–Crippen MR) is 99.6 cm³/mol. The molecule has 0 spiro atoms. The molecule has 0 fully saturated rings. The van der Waals surface area contributed by atoms with E-state index in [0.29, 0.717) is 17.3 Å². The van der Waals surface area contributed by atoms with Crippen molar-refractivity contribution in [2.75, 3.05) is 11.6 Å². The summed E-state index contributed by atoms with van der Waals surface area (Å²) in [5, 5.41) is 8.62. The molecule has 8 heteroatoms. The molecule has 0 bridgehead atoms. The fourth-order valence-corrected chi connectivity index (χ4v) is 3.68. The average molecular weight is 385 g/mol. The maximum Gasteiger partial charge on any atom is 0.357 e. The number of carbonyl (C=O) groups excluding carboxylic acids is 1. The maximum atomic E-state index is 13.3. The summed E-state index contributed by atoms with van der Waals surface area (Å²) in [5.41, 5.74) is 1.91. The van der Waals surface area contributed by atoms with Crippen LogP contribution < -0.4 is 5.01 Å². The number of hydrazone groups is 1. The van der Waals surface area contributed by atoms with Gasteiger partial charge in [0.2, 0.25) is 5.13 Å². The van der Waals surface area contributed by atoms with Gasteiger partial charge in [-0.2, -0.15) is 5.10 Å². The third-order valence-electron chi connectivity index (χ3n) is 4.14. The van der Waals surface area contributed by atoms with E-state index in [9.17, 15) is 9.18 Å². The van der Waals surface area contributed by atoms with Gasteiger partial charge in [0, 0.05) is 11.8 Å². The number of hydrogen-bond acceptors (Lipinski definition) is 7. The lowest BCUT2D eigenvalue weighted by Gasteiger charge is -2.21. The SMILES string of the molecule is CCOC(=O)c1csc(N2N=C(c3ccco3)CC2c2ccc(F)cc2)n1. The molecule has 1 aliphatic heterocycles. The minimum Gasteiger partial charge on any atom is -0.463 e. The topological polar surface area (TPSA) is 67.9 Å². The van der Waals surface area contributed by atoms with Crippen LogP contribution in [0.25, 0.3) is 0 Å². The number of furan rings is 1. The minimum atomic E-state index is -0.465. The molecule has 1 unspecified atom stereocenters. The molecule has 27 heavy (non-hydrogen) atoms. The van der Waals surface area contributed by atoms with Gasteiger partial charge in [-0.05, 0) is 36.8 Å². The summed E-state index contributed by atoms with van der Waals surface area (Å²) in [5.74, 6) is -0.0890. The van der Waals surface area contributed by atoms with Crippen molar-refractivity contribution in [1.29, 1.82) is 0 Å². The first-order valence-electron chi connectivity index (χ1n) is 8.44. The number of thiazole rings is 1. The molecule has 1 aromatic carbocycles. The lowest BCUT2D eigenvalue weighted by Crippen LogP contribution is -2.18. The van der Waals surface area contributed by atoms with Crippen LogP contribution in [-0.2, 0) is 4.74 Å². The van der Waals surface area contributed by atoms with E-state index in [-0.39, 0.29) is 24.2 Å². The van der Waals surface area contributed by atoms with Crippen LogP contribution in [0.3, 0.4) is 0 Å². The second kappa shape index (κ2) is 7.32.